The third-order valence-electron chi connectivity index (χ3n) is 4.12. The highest BCUT2D eigenvalue weighted by Gasteiger charge is 2.19. The zero-order valence-electron chi connectivity index (χ0n) is 14.2. The molecule has 1 heterocycles. The number of nitrogens with zero attached hydrogens (tertiary/aromatic N) is 1. The van der Waals surface area contributed by atoms with Crippen LogP contribution in [0.1, 0.15) is 43.2 Å². The van der Waals surface area contributed by atoms with Gasteiger partial charge in [0, 0.05) is 10.9 Å². The highest BCUT2D eigenvalue weighted by Crippen LogP contribution is 2.25. The van der Waals surface area contributed by atoms with E-state index in [1.807, 2.05) is 36.7 Å². The predicted molar refractivity (Wildman–Crippen MR) is 97.7 cm³/mol. The van der Waals surface area contributed by atoms with Gasteiger partial charge < -0.3 is 5.32 Å². The van der Waals surface area contributed by atoms with Crippen molar-refractivity contribution < 1.29 is 4.79 Å². The summed E-state index contributed by atoms with van der Waals surface area (Å²) in [6.45, 7) is 4.77. The fourth-order valence-corrected chi connectivity index (χ4v) is 3.45. The average Bonchev–Trinajstić information content (AvgIpc) is 3.07. The van der Waals surface area contributed by atoms with Crippen LogP contribution in [0.3, 0.4) is 0 Å². The zero-order chi connectivity index (χ0) is 16.7. The van der Waals surface area contributed by atoms with Crippen molar-refractivity contribution >= 4 is 17.2 Å². The fraction of sp³-hybridized carbons (Fsp3) is 0.421. The summed E-state index contributed by atoms with van der Waals surface area (Å²) in [5.41, 5.74) is 1.12. The van der Waals surface area contributed by atoms with Gasteiger partial charge in [-0.1, -0.05) is 49.7 Å². The standard InChI is InChI=1S/C19H26N2OS/c1-4-9-15(2)21(3)14-18(22)20-19(17-12-8-13-23-17)16-10-6-5-7-11-16/h5-8,10-13,15,19H,4,9,14H2,1-3H3,(H,20,22). The Hall–Kier alpha value is -1.65. The van der Waals surface area contributed by atoms with Crippen LogP contribution in [0.4, 0.5) is 0 Å². The van der Waals surface area contributed by atoms with Gasteiger partial charge in [-0.25, -0.2) is 0 Å². The molecular formula is C19H26N2OS. The van der Waals surface area contributed by atoms with Crippen LogP contribution in [-0.2, 0) is 4.79 Å². The Kier molecular flexibility index (Phi) is 6.81. The predicted octanol–water partition coefficient (Wildman–Crippen LogP) is 4.07. The van der Waals surface area contributed by atoms with E-state index in [-0.39, 0.29) is 11.9 Å². The Morgan fingerprint density at radius 1 is 1.22 bits per heavy atom. The maximum atomic E-state index is 12.5. The van der Waals surface area contributed by atoms with Crippen molar-refractivity contribution in [1.29, 1.82) is 0 Å². The van der Waals surface area contributed by atoms with E-state index in [0.29, 0.717) is 12.6 Å². The summed E-state index contributed by atoms with van der Waals surface area (Å²) >= 11 is 1.67. The van der Waals surface area contributed by atoms with E-state index < -0.39 is 0 Å². The van der Waals surface area contributed by atoms with Crippen LogP contribution < -0.4 is 5.32 Å². The lowest BCUT2D eigenvalue weighted by atomic mass is 10.1. The van der Waals surface area contributed by atoms with Crippen molar-refractivity contribution in [2.24, 2.45) is 0 Å². The Bertz CT molecular complexity index is 583. The number of hydrogen-bond donors (Lipinski definition) is 1. The second-order valence-corrected chi connectivity index (χ2v) is 6.96. The molecule has 0 aliphatic carbocycles. The summed E-state index contributed by atoms with van der Waals surface area (Å²) in [6, 6.07) is 14.6. The average molecular weight is 330 g/mol. The number of hydrogen-bond acceptors (Lipinski definition) is 3. The first kappa shape index (κ1) is 17.7. The lowest BCUT2D eigenvalue weighted by molar-refractivity contribution is -0.122. The third-order valence-corrected chi connectivity index (χ3v) is 5.06. The molecule has 1 amide bonds. The molecular weight excluding hydrogens is 304 g/mol. The van der Waals surface area contributed by atoms with Crippen molar-refractivity contribution in [2.45, 2.75) is 38.8 Å². The smallest absolute Gasteiger partial charge is 0.234 e. The van der Waals surface area contributed by atoms with Gasteiger partial charge in [0.15, 0.2) is 0 Å². The van der Waals surface area contributed by atoms with Crippen molar-refractivity contribution in [1.82, 2.24) is 10.2 Å². The largest absolute Gasteiger partial charge is 0.343 e. The normalized spacial score (nSPS) is 13.7. The lowest BCUT2D eigenvalue weighted by Gasteiger charge is -2.25. The summed E-state index contributed by atoms with van der Waals surface area (Å²) in [5.74, 6) is 0.0673. The van der Waals surface area contributed by atoms with E-state index in [1.165, 1.54) is 0 Å². The Morgan fingerprint density at radius 2 is 1.96 bits per heavy atom. The van der Waals surface area contributed by atoms with Gasteiger partial charge in [0.25, 0.3) is 0 Å². The molecule has 3 nitrogen and oxygen atoms in total. The van der Waals surface area contributed by atoms with Crippen LogP contribution in [0.25, 0.3) is 0 Å². The van der Waals surface area contributed by atoms with Crippen LogP contribution in [0, 0.1) is 0 Å². The topological polar surface area (TPSA) is 32.3 Å². The number of nitrogens with one attached hydrogen (secondary N) is 1. The molecule has 2 unspecified atom stereocenters. The minimum absolute atomic E-state index is 0.0673. The van der Waals surface area contributed by atoms with Gasteiger partial charge in [0.2, 0.25) is 5.91 Å². The molecule has 1 N–H and O–H groups in total. The Labute approximate surface area is 143 Å². The van der Waals surface area contributed by atoms with Gasteiger partial charge in [0.05, 0.1) is 12.6 Å². The molecule has 0 saturated heterocycles. The van der Waals surface area contributed by atoms with Crippen LogP contribution in [0.5, 0.6) is 0 Å². The number of benzene rings is 1. The lowest BCUT2D eigenvalue weighted by Crippen LogP contribution is -2.40. The zero-order valence-corrected chi connectivity index (χ0v) is 15.0. The highest BCUT2D eigenvalue weighted by atomic mass is 32.1. The van der Waals surface area contributed by atoms with Crippen LogP contribution in [0.15, 0.2) is 47.8 Å². The molecule has 1 aromatic carbocycles. The summed E-state index contributed by atoms with van der Waals surface area (Å²) in [6.07, 6.45) is 2.24. The maximum absolute atomic E-state index is 12.5. The molecule has 0 aliphatic heterocycles. The number of likely N-dealkylation sites (N-methyl/N-ethyl adjacent to an activating group) is 1. The van der Waals surface area contributed by atoms with Gasteiger partial charge in [-0.2, -0.15) is 0 Å². The quantitative estimate of drug-likeness (QED) is 0.791. The van der Waals surface area contributed by atoms with Gasteiger partial charge in [-0.15, -0.1) is 11.3 Å². The Balaban J connectivity index is 2.05. The van der Waals surface area contributed by atoms with Gasteiger partial charge in [0.1, 0.15) is 0 Å². The molecule has 1 aromatic heterocycles. The van der Waals surface area contributed by atoms with Crippen molar-refractivity contribution in [3.05, 3.63) is 58.3 Å². The summed E-state index contributed by atoms with van der Waals surface area (Å²) in [7, 11) is 2.02. The van der Waals surface area contributed by atoms with Gasteiger partial charge >= 0.3 is 0 Å². The SMILES string of the molecule is CCCC(C)N(C)CC(=O)NC(c1ccccc1)c1cccs1. The second-order valence-electron chi connectivity index (χ2n) is 5.98. The molecule has 0 saturated carbocycles. The van der Waals surface area contributed by atoms with Crippen molar-refractivity contribution in [2.75, 3.05) is 13.6 Å². The van der Waals surface area contributed by atoms with E-state index in [4.69, 9.17) is 0 Å². The monoisotopic (exact) mass is 330 g/mol. The molecule has 0 spiro atoms. The second kappa shape index (κ2) is 8.85. The molecule has 2 aromatic rings. The van der Waals surface area contributed by atoms with E-state index in [1.54, 1.807) is 11.3 Å². The summed E-state index contributed by atoms with van der Waals surface area (Å²) in [4.78, 5) is 15.8. The van der Waals surface area contributed by atoms with E-state index in [9.17, 15) is 4.79 Å². The van der Waals surface area contributed by atoms with Crippen LogP contribution >= 0.6 is 11.3 Å². The molecule has 0 aliphatic rings. The Morgan fingerprint density at radius 3 is 2.57 bits per heavy atom. The van der Waals surface area contributed by atoms with Crippen LogP contribution in [-0.4, -0.2) is 30.4 Å². The number of rotatable bonds is 8. The number of carbonyl (C=O) groups is 1. The van der Waals surface area contributed by atoms with Crippen molar-refractivity contribution in [3.8, 4) is 0 Å². The summed E-state index contributed by atoms with van der Waals surface area (Å²) in [5, 5.41) is 5.24. The first-order valence-corrected chi connectivity index (χ1v) is 9.07. The molecule has 0 radical (unpaired) electrons. The summed E-state index contributed by atoms with van der Waals surface area (Å²) < 4.78 is 0. The first-order valence-electron chi connectivity index (χ1n) is 8.19. The van der Waals surface area contributed by atoms with Crippen molar-refractivity contribution in [3.63, 3.8) is 0 Å². The fourth-order valence-electron chi connectivity index (χ4n) is 2.65. The maximum Gasteiger partial charge on any atom is 0.234 e. The highest BCUT2D eigenvalue weighted by molar-refractivity contribution is 7.10. The number of amides is 1. The molecule has 124 valence electrons. The van der Waals surface area contributed by atoms with E-state index >= 15 is 0 Å². The van der Waals surface area contributed by atoms with Crippen LogP contribution in [0.2, 0.25) is 0 Å². The van der Waals surface area contributed by atoms with Gasteiger partial charge in [-0.3, -0.25) is 9.69 Å². The molecule has 0 bridgehead atoms. The third kappa shape index (κ3) is 5.19. The molecule has 0 fully saturated rings. The van der Waals surface area contributed by atoms with E-state index in [2.05, 4.69) is 42.3 Å². The van der Waals surface area contributed by atoms with E-state index in [0.717, 1.165) is 23.3 Å². The molecule has 2 atom stereocenters. The minimum Gasteiger partial charge on any atom is -0.343 e. The number of carbonyl (C=O) groups excluding carboxylic acids is 1. The first-order chi connectivity index (χ1) is 11.1. The number of thiophene rings is 1. The molecule has 4 heteroatoms. The minimum atomic E-state index is -0.0708. The van der Waals surface area contributed by atoms with Gasteiger partial charge in [-0.05, 0) is 37.4 Å². The molecule has 23 heavy (non-hydrogen) atoms. The molecule has 2 rings (SSSR count).